The van der Waals surface area contributed by atoms with E-state index in [2.05, 4.69) is 22.5 Å². The maximum atomic E-state index is 5.68. The Balaban J connectivity index is 1.79. The molecule has 1 unspecified atom stereocenters. The number of nitrogens with one attached hydrogen (secondary N) is 1. The van der Waals surface area contributed by atoms with Crippen LogP contribution in [-0.4, -0.2) is 4.98 Å². The Morgan fingerprint density at radius 3 is 2.90 bits per heavy atom. The molecule has 0 aliphatic heterocycles. The second-order valence-electron chi connectivity index (χ2n) is 4.80. The van der Waals surface area contributed by atoms with E-state index >= 15 is 0 Å². The fraction of sp³-hybridized carbons (Fsp3) is 0.188. The van der Waals surface area contributed by atoms with E-state index in [1.54, 1.807) is 6.26 Å². The van der Waals surface area contributed by atoms with Crippen LogP contribution in [0.2, 0.25) is 0 Å². The summed E-state index contributed by atoms with van der Waals surface area (Å²) in [7, 11) is 0. The molecule has 0 aliphatic carbocycles. The van der Waals surface area contributed by atoms with Crippen LogP contribution in [0.25, 0.3) is 10.9 Å². The zero-order valence-corrected chi connectivity index (χ0v) is 11.1. The van der Waals surface area contributed by atoms with Crippen molar-refractivity contribution in [2.75, 3.05) is 0 Å². The van der Waals surface area contributed by atoms with Crippen molar-refractivity contribution in [3.63, 3.8) is 0 Å². The number of rotatable bonds is 5. The number of hydrogen-bond donors (Lipinski definition) is 2. The summed E-state index contributed by atoms with van der Waals surface area (Å²) < 4.78 is 5.35. The van der Waals surface area contributed by atoms with E-state index in [1.165, 1.54) is 0 Å². The van der Waals surface area contributed by atoms with Gasteiger partial charge in [0.2, 0.25) is 0 Å². The second-order valence-corrected chi connectivity index (χ2v) is 4.80. The Morgan fingerprint density at radius 1 is 1.20 bits per heavy atom. The number of aromatic nitrogens is 1. The normalized spacial score (nSPS) is 12.7. The fourth-order valence-corrected chi connectivity index (χ4v) is 2.37. The zero-order valence-electron chi connectivity index (χ0n) is 11.1. The van der Waals surface area contributed by atoms with Gasteiger partial charge >= 0.3 is 0 Å². The standard InChI is InChI=1S/C16H17N3O/c17-19-16(8-7-14-5-3-9-20-14)13-10-12-4-1-2-6-15(12)18-11-13/h1-6,9-11,16,19H,7-8,17H2. The first-order valence-electron chi connectivity index (χ1n) is 6.70. The highest BCUT2D eigenvalue weighted by Gasteiger charge is 2.11. The van der Waals surface area contributed by atoms with Crippen LogP contribution < -0.4 is 11.3 Å². The number of hydrogen-bond acceptors (Lipinski definition) is 4. The molecule has 3 N–H and O–H groups in total. The molecule has 2 aromatic heterocycles. The van der Waals surface area contributed by atoms with Crippen molar-refractivity contribution in [2.24, 2.45) is 5.84 Å². The molecular weight excluding hydrogens is 250 g/mol. The van der Waals surface area contributed by atoms with E-state index in [9.17, 15) is 0 Å². The maximum absolute atomic E-state index is 5.68. The Hall–Kier alpha value is -2.17. The lowest BCUT2D eigenvalue weighted by Gasteiger charge is -2.15. The second kappa shape index (κ2) is 5.86. The van der Waals surface area contributed by atoms with Gasteiger partial charge in [0.15, 0.2) is 0 Å². The maximum Gasteiger partial charge on any atom is 0.103 e. The van der Waals surface area contributed by atoms with E-state index in [0.29, 0.717) is 0 Å². The molecule has 0 aliphatic rings. The minimum atomic E-state index is 0.0669. The smallest absolute Gasteiger partial charge is 0.103 e. The van der Waals surface area contributed by atoms with Gasteiger partial charge in [-0.05, 0) is 36.2 Å². The van der Waals surface area contributed by atoms with Gasteiger partial charge in [0.1, 0.15) is 5.76 Å². The van der Waals surface area contributed by atoms with E-state index < -0.39 is 0 Å². The van der Waals surface area contributed by atoms with Crippen molar-refractivity contribution in [1.29, 1.82) is 0 Å². The number of hydrazine groups is 1. The minimum Gasteiger partial charge on any atom is -0.469 e. The predicted molar refractivity (Wildman–Crippen MR) is 78.8 cm³/mol. The summed E-state index contributed by atoms with van der Waals surface area (Å²) in [5, 5.41) is 1.13. The van der Waals surface area contributed by atoms with Crippen LogP contribution in [0.4, 0.5) is 0 Å². The number of para-hydroxylation sites is 1. The van der Waals surface area contributed by atoms with Crippen LogP contribution in [0.15, 0.2) is 59.3 Å². The van der Waals surface area contributed by atoms with Crippen LogP contribution in [0.5, 0.6) is 0 Å². The molecule has 0 bridgehead atoms. The summed E-state index contributed by atoms with van der Waals surface area (Å²) in [5.74, 6) is 6.65. The summed E-state index contributed by atoms with van der Waals surface area (Å²) in [6, 6.07) is 14.2. The van der Waals surface area contributed by atoms with Crippen LogP contribution in [0.1, 0.15) is 23.8 Å². The van der Waals surface area contributed by atoms with Gasteiger partial charge in [-0.1, -0.05) is 18.2 Å². The van der Waals surface area contributed by atoms with Crippen molar-refractivity contribution in [3.8, 4) is 0 Å². The van der Waals surface area contributed by atoms with Crippen molar-refractivity contribution < 1.29 is 4.42 Å². The number of aryl methyl sites for hydroxylation is 1. The Labute approximate surface area is 117 Å². The lowest BCUT2D eigenvalue weighted by molar-refractivity contribution is 0.458. The molecule has 3 rings (SSSR count). The highest BCUT2D eigenvalue weighted by atomic mass is 16.3. The molecule has 102 valence electrons. The Kier molecular flexibility index (Phi) is 3.76. The first-order chi connectivity index (χ1) is 9.86. The predicted octanol–water partition coefficient (Wildman–Crippen LogP) is 2.97. The molecule has 0 spiro atoms. The van der Waals surface area contributed by atoms with Crippen molar-refractivity contribution in [3.05, 3.63) is 66.2 Å². The third-order valence-electron chi connectivity index (χ3n) is 3.47. The molecule has 0 amide bonds. The quantitative estimate of drug-likeness (QED) is 0.551. The van der Waals surface area contributed by atoms with Crippen LogP contribution in [-0.2, 0) is 6.42 Å². The monoisotopic (exact) mass is 267 g/mol. The largest absolute Gasteiger partial charge is 0.469 e. The highest BCUT2D eigenvalue weighted by molar-refractivity contribution is 5.78. The van der Waals surface area contributed by atoms with Gasteiger partial charge in [-0.2, -0.15) is 0 Å². The fourth-order valence-electron chi connectivity index (χ4n) is 2.37. The number of furan rings is 1. The first-order valence-corrected chi connectivity index (χ1v) is 6.70. The molecular formula is C16H17N3O. The average Bonchev–Trinajstić information content (AvgIpc) is 3.01. The minimum absolute atomic E-state index is 0.0669. The number of nitrogens with two attached hydrogens (primary N) is 1. The third kappa shape index (κ3) is 2.71. The lowest BCUT2D eigenvalue weighted by atomic mass is 10.0. The zero-order chi connectivity index (χ0) is 13.8. The van der Waals surface area contributed by atoms with E-state index in [1.807, 2.05) is 36.5 Å². The number of pyridine rings is 1. The lowest BCUT2D eigenvalue weighted by Crippen LogP contribution is -2.28. The van der Waals surface area contributed by atoms with Crippen molar-refractivity contribution >= 4 is 10.9 Å². The summed E-state index contributed by atoms with van der Waals surface area (Å²) in [6.45, 7) is 0. The van der Waals surface area contributed by atoms with Gasteiger partial charge in [0, 0.05) is 24.0 Å². The van der Waals surface area contributed by atoms with Gasteiger partial charge in [0.25, 0.3) is 0 Å². The Morgan fingerprint density at radius 2 is 2.10 bits per heavy atom. The van der Waals surface area contributed by atoms with Crippen molar-refractivity contribution in [1.82, 2.24) is 10.4 Å². The van der Waals surface area contributed by atoms with Gasteiger partial charge in [-0.15, -0.1) is 0 Å². The van der Waals surface area contributed by atoms with E-state index in [-0.39, 0.29) is 6.04 Å². The molecule has 20 heavy (non-hydrogen) atoms. The molecule has 0 radical (unpaired) electrons. The molecule has 3 aromatic rings. The van der Waals surface area contributed by atoms with Crippen LogP contribution in [0, 0.1) is 0 Å². The number of benzene rings is 1. The van der Waals surface area contributed by atoms with Crippen LogP contribution >= 0.6 is 0 Å². The summed E-state index contributed by atoms with van der Waals surface area (Å²) in [4.78, 5) is 4.48. The highest BCUT2D eigenvalue weighted by Crippen LogP contribution is 2.21. The summed E-state index contributed by atoms with van der Waals surface area (Å²) in [6.07, 6.45) is 5.28. The number of nitrogens with zero attached hydrogens (tertiary/aromatic N) is 1. The SMILES string of the molecule is NNC(CCc1ccco1)c1cnc2ccccc2c1. The van der Waals surface area contributed by atoms with Gasteiger partial charge in [-0.25, -0.2) is 0 Å². The van der Waals surface area contributed by atoms with Gasteiger partial charge in [0.05, 0.1) is 11.8 Å². The molecule has 2 heterocycles. The summed E-state index contributed by atoms with van der Waals surface area (Å²) >= 11 is 0. The first kappa shape index (κ1) is 12.8. The number of fused-ring (bicyclic) bond motifs is 1. The van der Waals surface area contributed by atoms with Gasteiger partial charge < -0.3 is 4.42 Å². The molecule has 4 heteroatoms. The average molecular weight is 267 g/mol. The van der Waals surface area contributed by atoms with Crippen LogP contribution in [0.3, 0.4) is 0 Å². The molecule has 4 nitrogen and oxygen atoms in total. The van der Waals surface area contributed by atoms with Crippen molar-refractivity contribution in [2.45, 2.75) is 18.9 Å². The Bertz CT molecular complexity index is 679. The molecule has 0 fully saturated rings. The van der Waals surface area contributed by atoms with E-state index in [0.717, 1.165) is 35.1 Å². The molecule has 1 atom stereocenters. The summed E-state index contributed by atoms with van der Waals surface area (Å²) in [5.41, 5.74) is 4.96. The third-order valence-corrected chi connectivity index (χ3v) is 3.47. The molecule has 0 saturated heterocycles. The molecule has 1 aromatic carbocycles. The topological polar surface area (TPSA) is 64.1 Å². The molecule has 0 saturated carbocycles. The van der Waals surface area contributed by atoms with Gasteiger partial charge in [-0.3, -0.25) is 16.3 Å². The van der Waals surface area contributed by atoms with E-state index in [4.69, 9.17) is 10.3 Å².